The molecule has 0 amide bonds. The first kappa shape index (κ1) is 8.47. The van der Waals surface area contributed by atoms with Crippen LogP contribution >= 0.6 is 0 Å². The Hall–Kier alpha value is -0.630. The van der Waals surface area contributed by atoms with E-state index in [0.29, 0.717) is 12.2 Å². The molecule has 0 saturated carbocycles. The van der Waals surface area contributed by atoms with Crippen molar-refractivity contribution >= 4 is 6.29 Å². The molecule has 62 valence electrons. The molecule has 1 rings (SSSR count). The molecule has 1 heterocycles. The van der Waals surface area contributed by atoms with Crippen LogP contribution in [0, 0.1) is 0 Å². The minimum atomic E-state index is 0.469. The van der Waals surface area contributed by atoms with Crippen LogP contribution < -0.4 is 0 Å². The third-order valence-electron chi connectivity index (χ3n) is 1.92. The lowest BCUT2D eigenvalue weighted by Crippen LogP contribution is -1.90. The van der Waals surface area contributed by atoms with Gasteiger partial charge < -0.3 is 4.74 Å². The van der Waals surface area contributed by atoms with Crippen molar-refractivity contribution in [3.8, 4) is 0 Å². The van der Waals surface area contributed by atoms with Crippen molar-refractivity contribution in [1.29, 1.82) is 0 Å². The van der Waals surface area contributed by atoms with Gasteiger partial charge in [-0.05, 0) is 25.3 Å². The number of hydrogen-bond donors (Lipinski definition) is 0. The average Bonchev–Trinajstić information content (AvgIpc) is 2.77. The predicted octanol–water partition coefficient (Wildman–Crippen LogP) is 1.70. The summed E-state index contributed by atoms with van der Waals surface area (Å²) in [4.78, 5) is 9.87. The maximum Gasteiger partial charge on any atom is 0.142 e. The van der Waals surface area contributed by atoms with Gasteiger partial charge in [0.25, 0.3) is 0 Å². The van der Waals surface area contributed by atoms with E-state index in [1.165, 1.54) is 0 Å². The normalized spacial score (nSPS) is 29.2. The Morgan fingerprint density at radius 2 is 2.27 bits per heavy atom. The van der Waals surface area contributed by atoms with E-state index in [2.05, 4.69) is 6.92 Å². The van der Waals surface area contributed by atoms with E-state index < -0.39 is 0 Å². The fourth-order valence-electron chi connectivity index (χ4n) is 1.20. The zero-order valence-electron chi connectivity index (χ0n) is 6.82. The molecule has 0 unspecified atom stereocenters. The van der Waals surface area contributed by atoms with E-state index in [1.54, 1.807) is 6.08 Å². The van der Waals surface area contributed by atoms with Crippen LogP contribution in [0.15, 0.2) is 12.2 Å². The van der Waals surface area contributed by atoms with Crippen LogP contribution in [-0.2, 0) is 9.53 Å². The zero-order valence-corrected chi connectivity index (χ0v) is 6.82. The maximum absolute atomic E-state index is 9.87. The Bertz CT molecular complexity index is 152. The van der Waals surface area contributed by atoms with Gasteiger partial charge in [-0.15, -0.1) is 0 Å². The number of allylic oxidation sites excluding steroid dienone is 2. The Labute approximate surface area is 67.2 Å². The summed E-state index contributed by atoms with van der Waals surface area (Å²) in [7, 11) is 0. The largest absolute Gasteiger partial charge is 0.370 e. The molecule has 0 aromatic heterocycles. The van der Waals surface area contributed by atoms with Crippen LogP contribution in [0.3, 0.4) is 0 Å². The molecule has 1 aliphatic heterocycles. The van der Waals surface area contributed by atoms with Crippen LogP contribution in [0.2, 0.25) is 0 Å². The molecular weight excluding hydrogens is 140 g/mol. The van der Waals surface area contributed by atoms with Crippen molar-refractivity contribution in [1.82, 2.24) is 0 Å². The molecule has 0 aromatic rings. The summed E-state index contributed by atoms with van der Waals surface area (Å²) in [6.07, 6.45) is 8.34. The zero-order chi connectivity index (χ0) is 8.10. The molecule has 0 N–H and O–H groups in total. The maximum atomic E-state index is 9.87. The number of ether oxygens (including phenoxy) is 1. The van der Waals surface area contributed by atoms with E-state index in [-0.39, 0.29) is 0 Å². The van der Waals surface area contributed by atoms with E-state index >= 15 is 0 Å². The molecule has 1 aliphatic rings. The summed E-state index contributed by atoms with van der Waals surface area (Å²) in [5.41, 5.74) is 0. The lowest BCUT2D eigenvalue weighted by atomic mass is 10.1. The van der Waals surface area contributed by atoms with E-state index in [1.807, 2.05) is 6.08 Å². The summed E-state index contributed by atoms with van der Waals surface area (Å²) in [5.74, 6) is 0. The highest BCUT2D eigenvalue weighted by Crippen LogP contribution is 2.28. The minimum absolute atomic E-state index is 0.469. The molecular formula is C9H14O2. The molecule has 11 heavy (non-hydrogen) atoms. The van der Waals surface area contributed by atoms with Gasteiger partial charge in [-0.1, -0.05) is 13.0 Å². The number of carbonyl (C=O) groups is 1. The Balaban J connectivity index is 1.97. The SMILES string of the molecule is CC[C@H]1O[C@@H]1CC/C=C/C=O. The van der Waals surface area contributed by atoms with Crippen molar-refractivity contribution in [2.24, 2.45) is 0 Å². The van der Waals surface area contributed by atoms with E-state index in [9.17, 15) is 4.79 Å². The van der Waals surface area contributed by atoms with Gasteiger partial charge in [0.1, 0.15) is 6.29 Å². The van der Waals surface area contributed by atoms with Gasteiger partial charge in [-0.3, -0.25) is 4.79 Å². The van der Waals surface area contributed by atoms with Gasteiger partial charge in [0, 0.05) is 0 Å². The number of epoxide rings is 1. The topological polar surface area (TPSA) is 29.6 Å². The van der Waals surface area contributed by atoms with E-state index in [4.69, 9.17) is 4.74 Å². The van der Waals surface area contributed by atoms with Crippen molar-refractivity contribution in [2.75, 3.05) is 0 Å². The smallest absolute Gasteiger partial charge is 0.142 e. The standard InChI is InChI=1S/C9H14O2/c1-2-8-9(11-8)6-4-3-5-7-10/h3,5,7-9H,2,4,6H2,1H3/b5-3+/t8-,9-/m1/s1. The van der Waals surface area contributed by atoms with Gasteiger partial charge in [-0.25, -0.2) is 0 Å². The second-order valence-corrected chi connectivity index (χ2v) is 2.76. The predicted molar refractivity (Wildman–Crippen MR) is 43.4 cm³/mol. The van der Waals surface area contributed by atoms with Crippen molar-refractivity contribution in [3.05, 3.63) is 12.2 Å². The van der Waals surface area contributed by atoms with Crippen LogP contribution in [0.25, 0.3) is 0 Å². The van der Waals surface area contributed by atoms with Gasteiger partial charge in [0.05, 0.1) is 12.2 Å². The van der Waals surface area contributed by atoms with E-state index in [0.717, 1.165) is 25.5 Å². The molecule has 0 radical (unpaired) electrons. The number of carbonyl (C=O) groups excluding carboxylic acids is 1. The third-order valence-corrected chi connectivity index (χ3v) is 1.92. The van der Waals surface area contributed by atoms with Gasteiger partial charge in [0.2, 0.25) is 0 Å². The molecule has 0 aliphatic carbocycles. The highest BCUT2D eigenvalue weighted by molar-refractivity contribution is 5.64. The summed E-state index contributed by atoms with van der Waals surface area (Å²) >= 11 is 0. The van der Waals surface area contributed by atoms with Crippen LogP contribution in [0.4, 0.5) is 0 Å². The van der Waals surface area contributed by atoms with Crippen LogP contribution in [0.5, 0.6) is 0 Å². The first-order valence-electron chi connectivity index (χ1n) is 4.14. The quantitative estimate of drug-likeness (QED) is 0.342. The fourth-order valence-corrected chi connectivity index (χ4v) is 1.20. The molecule has 0 bridgehead atoms. The lowest BCUT2D eigenvalue weighted by Gasteiger charge is -1.86. The lowest BCUT2D eigenvalue weighted by molar-refractivity contribution is -0.104. The molecule has 0 aromatic carbocycles. The molecule has 2 heteroatoms. The molecule has 0 spiro atoms. The molecule has 2 atom stereocenters. The van der Waals surface area contributed by atoms with Crippen molar-refractivity contribution in [2.45, 2.75) is 38.4 Å². The second-order valence-electron chi connectivity index (χ2n) is 2.76. The fraction of sp³-hybridized carbons (Fsp3) is 0.667. The van der Waals surface area contributed by atoms with Gasteiger partial charge >= 0.3 is 0 Å². The van der Waals surface area contributed by atoms with Crippen molar-refractivity contribution in [3.63, 3.8) is 0 Å². The summed E-state index contributed by atoms with van der Waals surface area (Å²) < 4.78 is 5.32. The summed E-state index contributed by atoms with van der Waals surface area (Å²) in [6, 6.07) is 0. The summed E-state index contributed by atoms with van der Waals surface area (Å²) in [6.45, 7) is 2.13. The Kier molecular flexibility index (Phi) is 3.30. The first-order chi connectivity index (χ1) is 5.38. The molecule has 1 saturated heterocycles. The molecule has 2 nitrogen and oxygen atoms in total. The minimum Gasteiger partial charge on any atom is -0.370 e. The van der Waals surface area contributed by atoms with Gasteiger partial charge in [0.15, 0.2) is 0 Å². The van der Waals surface area contributed by atoms with Crippen molar-refractivity contribution < 1.29 is 9.53 Å². The number of hydrogen-bond acceptors (Lipinski definition) is 2. The molecule has 1 fully saturated rings. The third kappa shape index (κ3) is 2.85. The number of rotatable bonds is 5. The first-order valence-corrected chi connectivity index (χ1v) is 4.14. The highest BCUT2D eigenvalue weighted by Gasteiger charge is 2.35. The summed E-state index contributed by atoms with van der Waals surface area (Å²) in [5, 5.41) is 0. The van der Waals surface area contributed by atoms with Crippen LogP contribution in [0.1, 0.15) is 26.2 Å². The second kappa shape index (κ2) is 4.29. The number of aldehydes is 1. The average molecular weight is 154 g/mol. The Morgan fingerprint density at radius 3 is 2.82 bits per heavy atom. The van der Waals surface area contributed by atoms with Crippen LogP contribution in [-0.4, -0.2) is 18.5 Å². The highest BCUT2D eigenvalue weighted by atomic mass is 16.6. The monoisotopic (exact) mass is 154 g/mol. The van der Waals surface area contributed by atoms with Gasteiger partial charge in [-0.2, -0.15) is 0 Å². The Morgan fingerprint density at radius 1 is 1.45 bits per heavy atom.